The van der Waals surface area contributed by atoms with Gasteiger partial charge < -0.3 is 10.2 Å². The molecule has 1 aliphatic carbocycles. The largest absolute Gasteiger partial charge is 0.353 e. The second kappa shape index (κ2) is 9.09. The number of rotatable bonds is 5. The van der Waals surface area contributed by atoms with Gasteiger partial charge in [0.05, 0.1) is 11.1 Å². The molecule has 9 heteroatoms. The van der Waals surface area contributed by atoms with Gasteiger partial charge in [0, 0.05) is 50.2 Å². The third-order valence-corrected chi connectivity index (χ3v) is 7.76. The zero-order valence-electron chi connectivity index (χ0n) is 16.9. The summed E-state index contributed by atoms with van der Waals surface area (Å²) >= 11 is 0. The van der Waals surface area contributed by atoms with Crippen molar-refractivity contribution in [3.8, 4) is 0 Å². The van der Waals surface area contributed by atoms with Gasteiger partial charge in [0.1, 0.15) is 5.82 Å². The van der Waals surface area contributed by atoms with Crippen LogP contribution in [-0.2, 0) is 14.8 Å². The quantitative estimate of drug-likeness (QED) is 0.785. The van der Waals surface area contributed by atoms with Crippen LogP contribution in [0.4, 0.5) is 11.5 Å². The van der Waals surface area contributed by atoms with E-state index in [0.717, 1.165) is 31.5 Å². The number of amides is 1. The maximum absolute atomic E-state index is 13.0. The molecule has 1 aliphatic heterocycles. The Morgan fingerprint density at radius 2 is 1.67 bits per heavy atom. The average molecular weight is 430 g/mol. The van der Waals surface area contributed by atoms with Gasteiger partial charge in [-0.1, -0.05) is 19.3 Å². The molecule has 1 amide bonds. The number of carbonyl (C=O) groups excluding carboxylic acids is 1. The molecule has 2 aliphatic rings. The zero-order chi connectivity index (χ0) is 21.0. The number of nitrogens with one attached hydrogen (secondary N) is 1. The van der Waals surface area contributed by atoms with E-state index in [1.165, 1.54) is 10.7 Å². The van der Waals surface area contributed by atoms with Gasteiger partial charge >= 0.3 is 0 Å². The molecule has 0 bridgehead atoms. The van der Waals surface area contributed by atoms with Gasteiger partial charge in [-0.3, -0.25) is 9.78 Å². The predicted molar refractivity (Wildman–Crippen MR) is 115 cm³/mol. The van der Waals surface area contributed by atoms with Gasteiger partial charge in [-0.25, -0.2) is 13.4 Å². The fourth-order valence-corrected chi connectivity index (χ4v) is 5.50. The smallest absolute Gasteiger partial charge is 0.243 e. The fraction of sp³-hybridized carbons (Fsp3) is 0.476. The molecule has 1 saturated carbocycles. The van der Waals surface area contributed by atoms with E-state index >= 15 is 0 Å². The summed E-state index contributed by atoms with van der Waals surface area (Å²) in [5.41, 5.74) is 0.636. The SMILES string of the molecule is O=C(Nc1ccc(S(=O)(=O)N2CCN(c3cnccn3)CC2)cc1)C1CCCCC1. The highest BCUT2D eigenvalue weighted by Crippen LogP contribution is 2.26. The van der Waals surface area contributed by atoms with Gasteiger partial charge in [-0.2, -0.15) is 4.31 Å². The van der Waals surface area contributed by atoms with Crippen molar-refractivity contribution in [3.05, 3.63) is 42.9 Å². The Kier molecular flexibility index (Phi) is 6.29. The number of anilines is 2. The lowest BCUT2D eigenvalue weighted by Crippen LogP contribution is -2.48. The summed E-state index contributed by atoms with van der Waals surface area (Å²) in [6.07, 6.45) is 10.2. The maximum Gasteiger partial charge on any atom is 0.243 e. The molecule has 2 heterocycles. The van der Waals surface area contributed by atoms with Crippen LogP contribution in [-0.4, -0.2) is 54.8 Å². The monoisotopic (exact) mass is 429 g/mol. The van der Waals surface area contributed by atoms with E-state index in [1.807, 2.05) is 4.90 Å². The number of nitrogens with zero attached hydrogens (tertiary/aromatic N) is 4. The minimum atomic E-state index is -3.58. The number of hydrogen-bond acceptors (Lipinski definition) is 6. The van der Waals surface area contributed by atoms with Gasteiger partial charge in [0.2, 0.25) is 15.9 Å². The molecule has 8 nitrogen and oxygen atoms in total. The van der Waals surface area contributed by atoms with E-state index in [-0.39, 0.29) is 16.7 Å². The Morgan fingerprint density at radius 3 is 2.30 bits per heavy atom. The Hall–Kier alpha value is -2.52. The highest BCUT2D eigenvalue weighted by molar-refractivity contribution is 7.89. The second-order valence-electron chi connectivity index (χ2n) is 7.80. The molecule has 4 rings (SSSR count). The topological polar surface area (TPSA) is 95.5 Å². The molecule has 0 unspecified atom stereocenters. The molecule has 1 aromatic carbocycles. The third kappa shape index (κ3) is 4.62. The summed E-state index contributed by atoms with van der Waals surface area (Å²) in [6.45, 7) is 1.90. The number of piperazine rings is 1. The van der Waals surface area contributed by atoms with Crippen LogP contribution in [0.1, 0.15) is 32.1 Å². The number of hydrogen-bond donors (Lipinski definition) is 1. The van der Waals surface area contributed by atoms with Crippen LogP contribution in [0.5, 0.6) is 0 Å². The predicted octanol–water partition coefficient (Wildman–Crippen LogP) is 2.51. The lowest BCUT2D eigenvalue weighted by atomic mass is 9.88. The van der Waals surface area contributed by atoms with Crippen molar-refractivity contribution in [2.24, 2.45) is 5.92 Å². The molecule has 0 radical (unpaired) electrons. The van der Waals surface area contributed by atoms with Gasteiger partial charge in [-0.15, -0.1) is 0 Å². The first-order valence-electron chi connectivity index (χ1n) is 10.5. The van der Waals surface area contributed by atoms with Crippen molar-refractivity contribution >= 4 is 27.4 Å². The van der Waals surface area contributed by atoms with Crippen molar-refractivity contribution in [1.82, 2.24) is 14.3 Å². The minimum Gasteiger partial charge on any atom is -0.353 e. The summed E-state index contributed by atoms with van der Waals surface area (Å²) in [7, 11) is -3.58. The summed E-state index contributed by atoms with van der Waals surface area (Å²) in [4.78, 5) is 23.0. The number of aromatic nitrogens is 2. The first kappa shape index (κ1) is 20.7. The molecular weight excluding hydrogens is 402 g/mol. The second-order valence-corrected chi connectivity index (χ2v) is 9.74. The van der Waals surface area contributed by atoms with Crippen LogP contribution in [0.2, 0.25) is 0 Å². The molecule has 1 saturated heterocycles. The van der Waals surface area contributed by atoms with Crippen molar-refractivity contribution in [3.63, 3.8) is 0 Å². The molecule has 1 aromatic heterocycles. The van der Waals surface area contributed by atoms with E-state index in [2.05, 4.69) is 15.3 Å². The lowest BCUT2D eigenvalue weighted by Gasteiger charge is -2.34. The van der Waals surface area contributed by atoms with Crippen LogP contribution >= 0.6 is 0 Å². The summed E-state index contributed by atoms with van der Waals surface area (Å²) in [5, 5.41) is 2.93. The summed E-state index contributed by atoms with van der Waals surface area (Å²) in [5.74, 6) is 0.853. The fourth-order valence-electron chi connectivity index (χ4n) is 4.08. The average Bonchev–Trinajstić information content (AvgIpc) is 2.81. The molecular formula is C21H27N5O3S. The van der Waals surface area contributed by atoms with Gasteiger partial charge in [-0.05, 0) is 37.1 Å². The van der Waals surface area contributed by atoms with Crippen LogP contribution in [0.3, 0.4) is 0 Å². The van der Waals surface area contributed by atoms with Gasteiger partial charge in [0.15, 0.2) is 0 Å². The van der Waals surface area contributed by atoms with E-state index in [4.69, 9.17) is 0 Å². The highest BCUT2D eigenvalue weighted by Gasteiger charge is 2.29. The standard InChI is InChI=1S/C21H27N5O3S/c27-21(17-4-2-1-3-5-17)24-18-6-8-19(9-7-18)30(28,29)26-14-12-25(13-15-26)20-16-22-10-11-23-20/h6-11,16-17H,1-5,12-15H2,(H,24,27). The maximum atomic E-state index is 13.0. The van der Waals surface area contributed by atoms with Crippen molar-refractivity contribution in [1.29, 1.82) is 0 Å². The van der Waals surface area contributed by atoms with Crippen LogP contribution in [0.15, 0.2) is 47.8 Å². The summed E-state index contributed by atoms with van der Waals surface area (Å²) in [6, 6.07) is 6.48. The molecule has 2 fully saturated rings. The van der Waals surface area contributed by atoms with E-state index in [9.17, 15) is 13.2 Å². The first-order valence-corrected chi connectivity index (χ1v) is 11.9. The minimum absolute atomic E-state index is 0.0328. The number of benzene rings is 1. The third-order valence-electron chi connectivity index (χ3n) is 5.85. The zero-order valence-corrected chi connectivity index (χ0v) is 17.7. The van der Waals surface area contributed by atoms with Gasteiger partial charge in [0.25, 0.3) is 0 Å². The van der Waals surface area contributed by atoms with E-state index < -0.39 is 10.0 Å². The molecule has 0 atom stereocenters. The number of sulfonamides is 1. The first-order chi connectivity index (χ1) is 14.5. The Balaban J connectivity index is 1.37. The molecule has 160 valence electrons. The van der Waals surface area contributed by atoms with Crippen molar-refractivity contribution < 1.29 is 13.2 Å². The van der Waals surface area contributed by atoms with Crippen molar-refractivity contribution in [2.45, 2.75) is 37.0 Å². The number of carbonyl (C=O) groups is 1. The van der Waals surface area contributed by atoms with E-state index in [0.29, 0.717) is 31.9 Å². The summed E-state index contributed by atoms with van der Waals surface area (Å²) < 4.78 is 27.5. The Labute approximate surface area is 177 Å². The van der Waals surface area contributed by atoms with Crippen LogP contribution < -0.4 is 10.2 Å². The van der Waals surface area contributed by atoms with Crippen LogP contribution in [0.25, 0.3) is 0 Å². The molecule has 1 N–H and O–H groups in total. The van der Waals surface area contributed by atoms with E-state index in [1.54, 1.807) is 42.9 Å². The lowest BCUT2D eigenvalue weighted by molar-refractivity contribution is -0.120. The Bertz CT molecular complexity index is 952. The molecule has 30 heavy (non-hydrogen) atoms. The highest BCUT2D eigenvalue weighted by atomic mass is 32.2. The molecule has 0 spiro atoms. The Morgan fingerprint density at radius 1 is 0.967 bits per heavy atom. The van der Waals surface area contributed by atoms with Crippen LogP contribution in [0, 0.1) is 5.92 Å². The normalized spacial score (nSPS) is 18.9. The van der Waals surface area contributed by atoms with Crippen molar-refractivity contribution in [2.75, 3.05) is 36.4 Å². The molecule has 2 aromatic rings.